The Labute approximate surface area is 380 Å². The average molecular weight is 955 g/mol. The number of benzene rings is 2. The Kier molecular flexibility index (Phi) is 15.5. The molecular formula is C46H62N6O8S4. The molecule has 64 heavy (non-hydrogen) atoms. The molecule has 0 amide bonds. The first-order chi connectivity index (χ1) is 30.4. The van der Waals surface area contributed by atoms with Crippen molar-refractivity contribution in [3.05, 3.63) is 117 Å². The lowest BCUT2D eigenvalue weighted by Crippen LogP contribution is -2.37. The van der Waals surface area contributed by atoms with Crippen molar-refractivity contribution in [1.82, 2.24) is 29.0 Å². The molecule has 2 aromatic carbocycles. The first-order valence-corrected chi connectivity index (χ1v) is 29.2. The number of rotatable bonds is 14. The predicted molar refractivity (Wildman–Crippen MR) is 252 cm³/mol. The Hall–Kier alpha value is -3.94. The molecule has 18 heteroatoms. The smallest absolute Gasteiger partial charge is 0.234 e. The van der Waals surface area contributed by atoms with Gasteiger partial charge >= 0.3 is 0 Å². The van der Waals surface area contributed by atoms with Crippen LogP contribution in [0, 0.1) is 11.8 Å². The minimum Gasteiger partial charge on any atom is -0.264 e. The number of nitrogens with one attached hydrogen (secondary N) is 2. The first-order valence-electron chi connectivity index (χ1n) is 22.5. The van der Waals surface area contributed by atoms with Gasteiger partial charge in [-0.2, -0.15) is 10.2 Å². The van der Waals surface area contributed by atoms with Crippen LogP contribution in [0.2, 0.25) is 0 Å². The van der Waals surface area contributed by atoms with Crippen LogP contribution < -0.4 is 9.44 Å². The van der Waals surface area contributed by atoms with Gasteiger partial charge in [0.2, 0.25) is 20.0 Å². The van der Waals surface area contributed by atoms with Crippen LogP contribution in [0.1, 0.15) is 123 Å². The zero-order valence-corrected chi connectivity index (χ0v) is 40.1. The SMILES string of the molecule is C[C@@H](NS(=O)(=O)/C=C/c1c2c(nn1Cc1ccccc1)CCS(=O)(=O)C2)C1CCCCC1.C[C@H](NS(=O)(=O)/C=C/c1nn(Cc2ccccc2)c2c1CS(=O)(=O)CC2)C1CCCCC1. The molecule has 4 heterocycles. The summed E-state index contributed by atoms with van der Waals surface area (Å²) in [5, 5.41) is 11.5. The fourth-order valence-electron chi connectivity index (χ4n) is 9.45. The summed E-state index contributed by atoms with van der Waals surface area (Å²) < 4.78 is 109. The van der Waals surface area contributed by atoms with Gasteiger partial charge in [0.1, 0.15) is 0 Å². The van der Waals surface area contributed by atoms with Crippen molar-refractivity contribution in [2.75, 3.05) is 11.5 Å². The minimum absolute atomic E-state index is 0.0737. The summed E-state index contributed by atoms with van der Waals surface area (Å²) in [7, 11) is -13.8. The minimum atomic E-state index is -3.67. The number of hydrogen-bond donors (Lipinski definition) is 2. The number of sulfone groups is 2. The molecular weight excluding hydrogens is 893 g/mol. The van der Waals surface area contributed by atoms with Gasteiger partial charge in [-0.3, -0.25) is 9.36 Å². The molecule has 0 bridgehead atoms. The van der Waals surface area contributed by atoms with Crippen LogP contribution in [0.3, 0.4) is 0 Å². The van der Waals surface area contributed by atoms with E-state index < -0.39 is 39.7 Å². The maximum atomic E-state index is 12.8. The quantitative estimate of drug-likeness (QED) is 0.140. The van der Waals surface area contributed by atoms with Crippen molar-refractivity contribution in [3.63, 3.8) is 0 Å². The number of hydrogen-bond acceptors (Lipinski definition) is 10. The van der Waals surface area contributed by atoms with E-state index in [2.05, 4.69) is 19.6 Å². The van der Waals surface area contributed by atoms with Crippen LogP contribution in [-0.4, -0.2) is 76.8 Å². The van der Waals surface area contributed by atoms with Crippen molar-refractivity contribution < 1.29 is 33.7 Å². The Morgan fingerprint density at radius 3 is 1.62 bits per heavy atom. The van der Waals surface area contributed by atoms with Crippen molar-refractivity contribution in [3.8, 4) is 0 Å². The van der Waals surface area contributed by atoms with Gasteiger partial charge in [-0.1, -0.05) is 99.2 Å². The number of nitrogens with zero attached hydrogens (tertiary/aromatic N) is 4. The monoisotopic (exact) mass is 954 g/mol. The lowest BCUT2D eigenvalue weighted by Gasteiger charge is -2.27. The van der Waals surface area contributed by atoms with E-state index in [-0.39, 0.29) is 35.1 Å². The molecule has 0 spiro atoms. The Morgan fingerprint density at radius 2 is 1.09 bits per heavy atom. The molecule has 2 aliphatic carbocycles. The van der Waals surface area contributed by atoms with Gasteiger partial charge in [0.15, 0.2) is 19.7 Å². The maximum Gasteiger partial charge on any atom is 0.234 e. The first kappa shape index (κ1) is 48.0. The van der Waals surface area contributed by atoms with E-state index in [1.54, 1.807) is 4.68 Å². The number of fused-ring (bicyclic) bond motifs is 2. The van der Waals surface area contributed by atoms with E-state index in [4.69, 9.17) is 0 Å². The van der Waals surface area contributed by atoms with E-state index in [0.29, 0.717) is 60.3 Å². The molecule has 14 nitrogen and oxygen atoms in total. The van der Waals surface area contributed by atoms with Crippen LogP contribution in [0.5, 0.6) is 0 Å². The average Bonchev–Trinajstić information content (AvgIpc) is 3.77. The zero-order chi connectivity index (χ0) is 45.5. The van der Waals surface area contributed by atoms with Crippen molar-refractivity contribution in [2.45, 2.75) is 128 Å². The molecule has 4 aliphatic rings. The third-order valence-corrected chi connectivity index (χ3v) is 18.5. The number of aryl methyl sites for hydroxylation is 1. The van der Waals surface area contributed by atoms with Crippen LogP contribution in [0.25, 0.3) is 12.2 Å². The fourth-order valence-corrected chi connectivity index (χ4v) is 14.5. The second-order valence-corrected chi connectivity index (χ2v) is 25.5. The topological polar surface area (TPSA) is 196 Å². The highest BCUT2D eigenvalue weighted by Crippen LogP contribution is 2.30. The normalized spacial score (nSPS) is 20.3. The Morgan fingerprint density at radius 1 is 0.625 bits per heavy atom. The van der Waals surface area contributed by atoms with E-state index >= 15 is 0 Å². The Balaban J connectivity index is 0.000000191. The third-order valence-electron chi connectivity index (χ3n) is 13.0. The second kappa shape index (κ2) is 20.7. The third kappa shape index (κ3) is 13.1. The summed E-state index contributed by atoms with van der Waals surface area (Å²) in [4.78, 5) is 0. The van der Waals surface area contributed by atoms with E-state index in [0.717, 1.165) is 84.7 Å². The molecule has 4 aromatic rings. The van der Waals surface area contributed by atoms with Crippen LogP contribution in [0.4, 0.5) is 0 Å². The maximum absolute atomic E-state index is 12.8. The predicted octanol–water partition coefficient (Wildman–Crippen LogP) is 6.52. The molecule has 2 N–H and O–H groups in total. The summed E-state index contributed by atoms with van der Waals surface area (Å²) in [5.74, 6) is 0.654. The second-order valence-electron chi connectivity index (χ2n) is 17.9. The number of aromatic nitrogens is 4. The molecule has 2 fully saturated rings. The highest BCUT2D eigenvalue weighted by Gasteiger charge is 2.30. The van der Waals surface area contributed by atoms with Crippen molar-refractivity contribution in [1.29, 1.82) is 0 Å². The molecule has 0 saturated heterocycles. The zero-order valence-electron chi connectivity index (χ0n) is 36.8. The summed E-state index contributed by atoms with van der Waals surface area (Å²) in [5.41, 5.74) is 5.84. The van der Waals surface area contributed by atoms with E-state index in [9.17, 15) is 33.7 Å². The molecule has 0 unspecified atom stereocenters. The number of sulfonamides is 2. The van der Waals surface area contributed by atoms with Gasteiger partial charge in [-0.25, -0.2) is 43.1 Å². The van der Waals surface area contributed by atoms with Crippen LogP contribution in [0.15, 0.2) is 71.5 Å². The van der Waals surface area contributed by atoms with Crippen LogP contribution >= 0.6 is 0 Å². The summed E-state index contributed by atoms with van der Waals surface area (Å²) in [6.07, 6.45) is 14.9. The van der Waals surface area contributed by atoms with Gasteiger partial charge in [0, 0.05) is 52.6 Å². The Bertz CT molecular complexity index is 2720. The van der Waals surface area contributed by atoms with Gasteiger partial charge in [-0.05, 0) is 74.6 Å². The van der Waals surface area contributed by atoms with E-state index in [1.165, 1.54) is 25.0 Å². The van der Waals surface area contributed by atoms with Crippen LogP contribution in [-0.2, 0) is 77.2 Å². The molecule has 2 aromatic heterocycles. The summed E-state index contributed by atoms with van der Waals surface area (Å²) >= 11 is 0. The van der Waals surface area contributed by atoms with Crippen molar-refractivity contribution in [2.24, 2.45) is 11.8 Å². The van der Waals surface area contributed by atoms with Gasteiger partial charge in [0.05, 0.1) is 53.2 Å². The molecule has 0 radical (unpaired) electrons. The van der Waals surface area contributed by atoms with Gasteiger partial charge in [0.25, 0.3) is 0 Å². The highest BCUT2D eigenvalue weighted by atomic mass is 32.2. The van der Waals surface area contributed by atoms with Gasteiger partial charge in [-0.15, -0.1) is 0 Å². The highest BCUT2D eigenvalue weighted by molar-refractivity contribution is 7.93. The molecule has 8 rings (SSSR count). The van der Waals surface area contributed by atoms with E-state index in [1.807, 2.05) is 79.2 Å². The summed E-state index contributed by atoms with van der Waals surface area (Å²) in [6.45, 7) is 4.81. The lowest BCUT2D eigenvalue weighted by molar-refractivity contribution is 0.303. The molecule has 348 valence electrons. The standard InChI is InChI=1S/2C23H31N3O4S2/c1-18(20-10-6-3-7-11-20)25-32(29,30)15-12-22-21-17-31(27,28)14-13-23(21)26(24-22)16-19-8-4-2-5-9-19;1-18(20-10-6-3-7-11-20)25-32(29,30)15-13-23-21-17-31(27,28)14-12-22(21)24-26(23)16-19-8-4-2-5-9-19/h2,4-5,8-9,12,15,18,20,25H,3,6-7,10-11,13-14,16-17H2,1H3;2,4-5,8-9,13,15,18,20,25H,3,6-7,10-12,14,16-17H2,1H3/b15-12+;15-13+/t2*18-/m01/s1. The molecule has 2 saturated carbocycles. The molecule has 2 aliphatic heterocycles. The largest absolute Gasteiger partial charge is 0.264 e. The van der Waals surface area contributed by atoms with Crippen molar-refractivity contribution >= 4 is 51.9 Å². The fraction of sp³-hybridized carbons (Fsp3) is 0.522. The summed E-state index contributed by atoms with van der Waals surface area (Å²) in [6, 6.07) is 19.3. The van der Waals surface area contributed by atoms with Gasteiger partial charge < -0.3 is 0 Å². The molecule has 2 atom stereocenters. The lowest BCUT2D eigenvalue weighted by atomic mass is 9.85.